The van der Waals surface area contributed by atoms with E-state index in [0.717, 1.165) is 17.8 Å². The van der Waals surface area contributed by atoms with Gasteiger partial charge in [0.05, 0.1) is 0 Å². The predicted octanol–water partition coefficient (Wildman–Crippen LogP) is 1.24. The summed E-state index contributed by atoms with van der Waals surface area (Å²) >= 11 is 0. The van der Waals surface area contributed by atoms with Crippen LogP contribution in [0.1, 0.15) is 20.3 Å². The molecular weight excluding hydrogens is 110 g/mol. The summed E-state index contributed by atoms with van der Waals surface area (Å²) in [5, 5.41) is 0. The molecule has 2 rings (SSSR count). The van der Waals surface area contributed by atoms with Gasteiger partial charge in [-0.3, -0.25) is 0 Å². The Kier molecular flexibility index (Phi) is 0.963. The zero-order valence-electron chi connectivity index (χ0n) is 6.17. The Balaban J connectivity index is 1.85. The number of nitrogens with two attached hydrogens (primary N) is 1. The minimum Gasteiger partial charge on any atom is -0.327 e. The molecule has 0 amide bonds. The van der Waals surface area contributed by atoms with E-state index in [2.05, 4.69) is 13.8 Å². The highest BCUT2D eigenvalue weighted by molar-refractivity contribution is 5.15. The quantitative estimate of drug-likeness (QED) is 0.590. The number of hydrogen-bond acceptors (Lipinski definition) is 1. The molecule has 2 aliphatic carbocycles. The van der Waals surface area contributed by atoms with E-state index < -0.39 is 0 Å². The van der Waals surface area contributed by atoms with Crippen LogP contribution in [-0.2, 0) is 0 Å². The van der Waals surface area contributed by atoms with Crippen molar-refractivity contribution < 1.29 is 0 Å². The SMILES string of the molecule is CC(C)C(N)C1C2CC21. The molecule has 2 aliphatic rings. The first kappa shape index (κ1) is 5.72. The zero-order valence-corrected chi connectivity index (χ0v) is 6.17. The molecule has 0 spiro atoms. The van der Waals surface area contributed by atoms with E-state index in [0.29, 0.717) is 12.0 Å². The minimum atomic E-state index is 0.508. The van der Waals surface area contributed by atoms with Crippen molar-refractivity contribution in [2.45, 2.75) is 26.3 Å². The van der Waals surface area contributed by atoms with E-state index in [4.69, 9.17) is 5.73 Å². The molecule has 0 aromatic carbocycles. The lowest BCUT2D eigenvalue weighted by atomic mass is 9.95. The van der Waals surface area contributed by atoms with Crippen molar-refractivity contribution in [3.05, 3.63) is 0 Å². The van der Waals surface area contributed by atoms with Crippen molar-refractivity contribution in [3.8, 4) is 0 Å². The Hall–Kier alpha value is -0.0400. The van der Waals surface area contributed by atoms with E-state index >= 15 is 0 Å². The average Bonchev–Trinajstić information content (AvgIpc) is 2.46. The third kappa shape index (κ3) is 0.710. The van der Waals surface area contributed by atoms with Crippen molar-refractivity contribution in [1.82, 2.24) is 0 Å². The Labute approximate surface area is 56.6 Å². The van der Waals surface area contributed by atoms with Crippen LogP contribution in [0.3, 0.4) is 0 Å². The molecule has 0 bridgehead atoms. The second-order valence-corrected chi connectivity index (χ2v) is 3.96. The molecule has 1 heteroatoms. The molecule has 3 unspecified atom stereocenters. The molecule has 0 aliphatic heterocycles. The van der Waals surface area contributed by atoms with Crippen LogP contribution in [-0.4, -0.2) is 6.04 Å². The highest BCUT2D eigenvalue weighted by atomic mass is 14.8. The summed E-state index contributed by atoms with van der Waals surface area (Å²) in [5.41, 5.74) is 5.94. The van der Waals surface area contributed by atoms with Gasteiger partial charge in [-0.05, 0) is 30.1 Å². The Morgan fingerprint density at radius 3 is 2.00 bits per heavy atom. The summed E-state index contributed by atoms with van der Waals surface area (Å²) in [5.74, 6) is 3.78. The Morgan fingerprint density at radius 2 is 1.89 bits per heavy atom. The summed E-state index contributed by atoms with van der Waals surface area (Å²) in [7, 11) is 0. The molecule has 0 heterocycles. The predicted molar refractivity (Wildman–Crippen MR) is 37.9 cm³/mol. The first-order valence-electron chi connectivity index (χ1n) is 3.97. The van der Waals surface area contributed by atoms with E-state index in [1.807, 2.05) is 0 Å². The zero-order chi connectivity index (χ0) is 6.59. The topological polar surface area (TPSA) is 26.0 Å². The van der Waals surface area contributed by atoms with Gasteiger partial charge < -0.3 is 5.73 Å². The highest BCUT2D eigenvalue weighted by Gasteiger charge is 2.66. The van der Waals surface area contributed by atoms with Crippen LogP contribution in [0.25, 0.3) is 0 Å². The van der Waals surface area contributed by atoms with Crippen LogP contribution in [0.5, 0.6) is 0 Å². The van der Waals surface area contributed by atoms with Crippen molar-refractivity contribution in [3.63, 3.8) is 0 Å². The molecule has 9 heavy (non-hydrogen) atoms. The smallest absolute Gasteiger partial charge is 0.00958 e. The second-order valence-electron chi connectivity index (χ2n) is 3.96. The van der Waals surface area contributed by atoms with E-state index in [9.17, 15) is 0 Å². The van der Waals surface area contributed by atoms with E-state index in [1.165, 1.54) is 6.42 Å². The number of hydrogen-bond donors (Lipinski definition) is 1. The molecular formula is C8H15N. The third-order valence-electron chi connectivity index (χ3n) is 2.95. The van der Waals surface area contributed by atoms with Gasteiger partial charge in [-0.2, -0.15) is 0 Å². The van der Waals surface area contributed by atoms with Gasteiger partial charge in [-0.15, -0.1) is 0 Å². The largest absolute Gasteiger partial charge is 0.327 e. The fourth-order valence-corrected chi connectivity index (χ4v) is 1.84. The summed E-state index contributed by atoms with van der Waals surface area (Å²) in [6.45, 7) is 4.45. The van der Waals surface area contributed by atoms with Crippen LogP contribution in [0.4, 0.5) is 0 Å². The highest BCUT2D eigenvalue weighted by Crippen LogP contribution is 2.69. The van der Waals surface area contributed by atoms with Crippen molar-refractivity contribution in [2.24, 2.45) is 29.4 Å². The van der Waals surface area contributed by atoms with Gasteiger partial charge in [-0.1, -0.05) is 13.8 Å². The van der Waals surface area contributed by atoms with Crippen LogP contribution in [0, 0.1) is 23.7 Å². The fourth-order valence-electron chi connectivity index (χ4n) is 1.84. The Morgan fingerprint density at radius 1 is 1.33 bits per heavy atom. The summed E-state index contributed by atoms with van der Waals surface area (Å²) in [6, 6.07) is 0.508. The minimum absolute atomic E-state index is 0.508. The summed E-state index contributed by atoms with van der Waals surface area (Å²) in [4.78, 5) is 0. The molecule has 52 valence electrons. The van der Waals surface area contributed by atoms with Crippen molar-refractivity contribution in [2.75, 3.05) is 0 Å². The van der Waals surface area contributed by atoms with Crippen LogP contribution in [0.2, 0.25) is 0 Å². The normalized spacial score (nSPS) is 48.7. The van der Waals surface area contributed by atoms with E-state index in [-0.39, 0.29) is 0 Å². The lowest BCUT2D eigenvalue weighted by Gasteiger charge is -2.17. The maximum Gasteiger partial charge on any atom is 0.00958 e. The molecule has 0 aromatic heterocycles. The van der Waals surface area contributed by atoms with Crippen molar-refractivity contribution >= 4 is 0 Å². The van der Waals surface area contributed by atoms with Crippen LogP contribution in [0.15, 0.2) is 0 Å². The molecule has 2 fully saturated rings. The van der Waals surface area contributed by atoms with Crippen molar-refractivity contribution in [1.29, 1.82) is 0 Å². The molecule has 1 nitrogen and oxygen atoms in total. The van der Waals surface area contributed by atoms with Gasteiger partial charge in [0, 0.05) is 6.04 Å². The molecule has 2 saturated carbocycles. The summed E-state index contributed by atoms with van der Waals surface area (Å²) in [6.07, 6.45) is 1.49. The van der Waals surface area contributed by atoms with Gasteiger partial charge in [0.2, 0.25) is 0 Å². The standard InChI is InChI=1S/C8H15N/c1-4(2)8(9)7-5-3-6(5)7/h4-8H,3,9H2,1-2H3. The third-order valence-corrected chi connectivity index (χ3v) is 2.95. The number of fused-ring (bicyclic) bond motifs is 1. The maximum atomic E-state index is 5.94. The molecule has 0 radical (unpaired) electrons. The monoisotopic (exact) mass is 125 g/mol. The molecule has 0 aromatic rings. The fraction of sp³-hybridized carbons (Fsp3) is 1.00. The van der Waals surface area contributed by atoms with Gasteiger partial charge in [0.1, 0.15) is 0 Å². The summed E-state index contributed by atoms with van der Waals surface area (Å²) < 4.78 is 0. The lowest BCUT2D eigenvalue weighted by Crippen LogP contribution is -2.31. The van der Waals surface area contributed by atoms with Gasteiger partial charge in [0.15, 0.2) is 0 Å². The average molecular weight is 125 g/mol. The lowest BCUT2D eigenvalue weighted by molar-refractivity contribution is 0.385. The molecule has 3 atom stereocenters. The van der Waals surface area contributed by atoms with Gasteiger partial charge >= 0.3 is 0 Å². The van der Waals surface area contributed by atoms with Crippen LogP contribution >= 0.6 is 0 Å². The van der Waals surface area contributed by atoms with Gasteiger partial charge in [0.25, 0.3) is 0 Å². The number of rotatable bonds is 2. The van der Waals surface area contributed by atoms with Gasteiger partial charge in [-0.25, -0.2) is 0 Å². The van der Waals surface area contributed by atoms with E-state index in [1.54, 1.807) is 0 Å². The maximum absolute atomic E-state index is 5.94. The molecule has 2 N–H and O–H groups in total. The second kappa shape index (κ2) is 1.51. The first-order valence-corrected chi connectivity index (χ1v) is 3.97. The molecule has 0 saturated heterocycles. The first-order chi connectivity index (χ1) is 4.22. The van der Waals surface area contributed by atoms with Crippen LogP contribution < -0.4 is 5.73 Å². The Bertz CT molecular complexity index is 123.